The zero-order valence-electron chi connectivity index (χ0n) is 13.7. The van der Waals surface area contributed by atoms with Gasteiger partial charge in [0.1, 0.15) is 18.2 Å². The highest BCUT2D eigenvalue weighted by Gasteiger charge is 2.19. The van der Waals surface area contributed by atoms with Gasteiger partial charge < -0.3 is 14.6 Å². The number of nitrogens with zero attached hydrogens (tertiary/aromatic N) is 2. The van der Waals surface area contributed by atoms with Crippen LogP contribution in [-0.4, -0.2) is 60.4 Å². The fourth-order valence-electron chi connectivity index (χ4n) is 2.78. The van der Waals surface area contributed by atoms with Crippen molar-refractivity contribution in [3.63, 3.8) is 0 Å². The van der Waals surface area contributed by atoms with Crippen LogP contribution in [0.25, 0.3) is 11.1 Å². The van der Waals surface area contributed by atoms with Crippen LogP contribution in [-0.2, 0) is 4.74 Å². The summed E-state index contributed by atoms with van der Waals surface area (Å²) in [5.41, 5.74) is 0.308. The number of carboxylic acid groups (broad SMARTS) is 1. The van der Waals surface area contributed by atoms with Crippen LogP contribution in [0.15, 0.2) is 36.7 Å². The second kappa shape index (κ2) is 8.04. The van der Waals surface area contributed by atoms with Crippen LogP contribution in [0.4, 0.5) is 4.39 Å². The molecular formula is C18H19FN2O4. The van der Waals surface area contributed by atoms with Gasteiger partial charge in [0.05, 0.1) is 24.3 Å². The Labute approximate surface area is 144 Å². The first-order valence-electron chi connectivity index (χ1n) is 8.06. The van der Waals surface area contributed by atoms with E-state index in [1.165, 1.54) is 24.5 Å². The van der Waals surface area contributed by atoms with Gasteiger partial charge in [-0.3, -0.25) is 9.88 Å². The summed E-state index contributed by atoms with van der Waals surface area (Å²) >= 11 is 0. The molecule has 0 aliphatic carbocycles. The van der Waals surface area contributed by atoms with Gasteiger partial charge in [-0.1, -0.05) is 6.07 Å². The van der Waals surface area contributed by atoms with E-state index in [0.29, 0.717) is 32.1 Å². The van der Waals surface area contributed by atoms with Gasteiger partial charge in [0.2, 0.25) is 0 Å². The summed E-state index contributed by atoms with van der Waals surface area (Å²) in [6.45, 7) is 4.14. The molecule has 6 nitrogen and oxygen atoms in total. The van der Waals surface area contributed by atoms with Crippen LogP contribution in [0.5, 0.6) is 5.75 Å². The van der Waals surface area contributed by atoms with E-state index in [2.05, 4.69) is 9.88 Å². The minimum absolute atomic E-state index is 0.0156. The minimum atomic E-state index is -1.14. The van der Waals surface area contributed by atoms with E-state index in [0.717, 1.165) is 13.1 Å². The van der Waals surface area contributed by atoms with Crippen LogP contribution in [0.3, 0.4) is 0 Å². The fourth-order valence-corrected chi connectivity index (χ4v) is 2.78. The second-order valence-electron chi connectivity index (χ2n) is 5.64. The van der Waals surface area contributed by atoms with E-state index >= 15 is 0 Å². The smallest absolute Gasteiger partial charge is 0.336 e. The molecular weight excluding hydrogens is 327 g/mol. The lowest BCUT2D eigenvalue weighted by Crippen LogP contribution is -2.38. The van der Waals surface area contributed by atoms with Gasteiger partial charge in [-0.05, 0) is 18.2 Å². The normalized spacial score (nSPS) is 15.1. The van der Waals surface area contributed by atoms with Crippen molar-refractivity contribution in [3.05, 3.63) is 48.0 Å². The first-order chi connectivity index (χ1) is 12.2. The maximum Gasteiger partial charge on any atom is 0.336 e. The van der Waals surface area contributed by atoms with E-state index < -0.39 is 11.8 Å². The molecule has 0 spiro atoms. The summed E-state index contributed by atoms with van der Waals surface area (Å²) < 4.78 is 25.5. The zero-order valence-corrected chi connectivity index (χ0v) is 13.7. The molecule has 0 unspecified atom stereocenters. The molecule has 1 fully saturated rings. The molecule has 0 amide bonds. The largest absolute Gasteiger partial charge is 0.491 e. The Morgan fingerprint density at radius 1 is 1.32 bits per heavy atom. The number of hydrogen-bond donors (Lipinski definition) is 1. The number of hydrogen-bond acceptors (Lipinski definition) is 5. The Hall–Kier alpha value is -2.51. The molecule has 1 aliphatic heterocycles. The molecule has 0 saturated carbocycles. The van der Waals surface area contributed by atoms with Gasteiger partial charge in [0.15, 0.2) is 0 Å². The maximum absolute atomic E-state index is 14.4. The predicted octanol–water partition coefficient (Wildman–Crippen LogP) is 2.30. The van der Waals surface area contributed by atoms with Gasteiger partial charge in [-0.25, -0.2) is 9.18 Å². The summed E-state index contributed by atoms with van der Waals surface area (Å²) in [6.07, 6.45) is 2.71. The maximum atomic E-state index is 14.4. The molecule has 132 valence electrons. The molecule has 1 saturated heterocycles. The number of benzene rings is 1. The van der Waals surface area contributed by atoms with Crippen molar-refractivity contribution in [2.45, 2.75) is 0 Å². The Bertz CT molecular complexity index is 748. The van der Waals surface area contributed by atoms with E-state index in [-0.39, 0.29) is 16.7 Å². The summed E-state index contributed by atoms with van der Waals surface area (Å²) in [5, 5.41) is 9.35. The molecule has 1 aromatic carbocycles. The van der Waals surface area contributed by atoms with Crippen LogP contribution in [0.1, 0.15) is 10.4 Å². The van der Waals surface area contributed by atoms with E-state index in [1.807, 2.05) is 0 Å². The Kier molecular flexibility index (Phi) is 5.57. The van der Waals surface area contributed by atoms with Gasteiger partial charge in [0.25, 0.3) is 0 Å². The molecule has 1 N–H and O–H groups in total. The highest BCUT2D eigenvalue weighted by molar-refractivity contribution is 5.96. The SMILES string of the molecule is O=C(O)c1ccncc1-c1c(F)cccc1OCCN1CCOCC1. The van der Waals surface area contributed by atoms with Crippen LogP contribution < -0.4 is 4.74 Å². The van der Waals surface area contributed by atoms with Crippen molar-refractivity contribution in [1.29, 1.82) is 0 Å². The third-order valence-corrected chi connectivity index (χ3v) is 4.06. The molecule has 0 radical (unpaired) electrons. The van der Waals surface area contributed by atoms with Gasteiger partial charge in [-0.2, -0.15) is 0 Å². The number of halogens is 1. The van der Waals surface area contributed by atoms with Crippen molar-refractivity contribution in [2.24, 2.45) is 0 Å². The Morgan fingerprint density at radius 3 is 2.88 bits per heavy atom. The summed E-state index contributed by atoms with van der Waals surface area (Å²) in [5.74, 6) is -1.37. The molecule has 25 heavy (non-hydrogen) atoms. The third kappa shape index (κ3) is 4.12. The highest BCUT2D eigenvalue weighted by atomic mass is 19.1. The number of pyridine rings is 1. The molecule has 0 bridgehead atoms. The number of aromatic nitrogens is 1. The van der Waals surface area contributed by atoms with Gasteiger partial charge in [-0.15, -0.1) is 0 Å². The van der Waals surface area contributed by atoms with Crippen LogP contribution >= 0.6 is 0 Å². The van der Waals surface area contributed by atoms with Crippen molar-refractivity contribution >= 4 is 5.97 Å². The van der Waals surface area contributed by atoms with Crippen molar-refractivity contribution in [1.82, 2.24) is 9.88 Å². The number of carbonyl (C=O) groups is 1. The predicted molar refractivity (Wildman–Crippen MR) is 89.3 cm³/mol. The second-order valence-corrected chi connectivity index (χ2v) is 5.64. The molecule has 2 aromatic rings. The third-order valence-electron chi connectivity index (χ3n) is 4.06. The van der Waals surface area contributed by atoms with Gasteiger partial charge in [0, 0.05) is 37.6 Å². The van der Waals surface area contributed by atoms with Crippen LogP contribution in [0, 0.1) is 5.82 Å². The Morgan fingerprint density at radius 2 is 2.12 bits per heavy atom. The van der Waals surface area contributed by atoms with E-state index in [9.17, 15) is 14.3 Å². The van der Waals surface area contributed by atoms with Crippen molar-refractivity contribution in [3.8, 4) is 16.9 Å². The van der Waals surface area contributed by atoms with E-state index in [1.54, 1.807) is 12.1 Å². The van der Waals surface area contributed by atoms with Crippen molar-refractivity contribution in [2.75, 3.05) is 39.5 Å². The molecule has 3 rings (SSSR count). The lowest BCUT2D eigenvalue weighted by Gasteiger charge is -2.26. The summed E-state index contributed by atoms with van der Waals surface area (Å²) in [4.78, 5) is 17.6. The number of morpholine rings is 1. The first-order valence-corrected chi connectivity index (χ1v) is 8.06. The lowest BCUT2D eigenvalue weighted by molar-refractivity contribution is 0.0323. The summed E-state index contributed by atoms with van der Waals surface area (Å²) in [7, 11) is 0. The quantitative estimate of drug-likeness (QED) is 0.865. The minimum Gasteiger partial charge on any atom is -0.491 e. The number of carboxylic acids is 1. The fraction of sp³-hybridized carbons (Fsp3) is 0.333. The van der Waals surface area contributed by atoms with Gasteiger partial charge >= 0.3 is 5.97 Å². The lowest BCUT2D eigenvalue weighted by atomic mass is 10.0. The molecule has 0 atom stereocenters. The van der Waals surface area contributed by atoms with Crippen molar-refractivity contribution < 1.29 is 23.8 Å². The topological polar surface area (TPSA) is 71.9 Å². The molecule has 1 aromatic heterocycles. The average Bonchev–Trinajstić information content (AvgIpc) is 2.63. The summed E-state index contributed by atoms with van der Waals surface area (Å²) in [6, 6.07) is 5.81. The molecule has 7 heteroatoms. The number of rotatable bonds is 6. The molecule has 2 heterocycles. The number of aromatic carboxylic acids is 1. The number of ether oxygens (including phenoxy) is 2. The van der Waals surface area contributed by atoms with E-state index in [4.69, 9.17) is 9.47 Å². The standard InChI is InChI=1S/C18H19FN2O4/c19-15-2-1-3-16(25-11-8-21-6-9-24-10-7-21)17(15)14-12-20-5-4-13(14)18(22)23/h1-5,12H,6-11H2,(H,22,23). The highest BCUT2D eigenvalue weighted by Crippen LogP contribution is 2.34. The van der Waals surface area contributed by atoms with Crippen LogP contribution in [0.2, 0.25) is 0 Å². The Balaban J connectivity index is 1.82. The first kappa shape index (κ1) is 17.3. The molecule has 1 aliphatic rings. The monoisotopic (exact) mass is 346 g/mol. The zero-order chi connectivity index (χ0) is 17.6. The average molecular weight is 346 g/mol.